The van der Waals surface area contributed by atoms with E-state index in [1.807, 2.05) is 20.8 Å². The monoisotopic (exact) mass is 326 g/mol. The second-order valence-electron chi connectivity index (χ2n) is 4.96. The summed E-state index contributed by atoms with van der Waals surface area (Å²) < 4.78 is 18.2. The maximum atomic E-state index is 13.0. The van der Waals surface area contributed by atoms with Crippen molar-refractivity contribution in [3.05, 3.63) is 47.4 Å². The Bertz CT molecular complexity index is 551. The van der Waals surface area contributed by atoms with Gasteiger partial charge < -0.3 is 4.52 Å². The third-order valence-corrected chi connectivity index (χ3v) is 4.23. The molecule has 0 bridgehead atoms. The van der Waals surface area contributed by atoms with Crippen molar-refractivity contribution in [2.45, 2.75) is 37.4 Å². The fraction of sp³-hybridized carbons (Fsp3) is 0.429. The van der Waals surface area contributed by atoms with E-state index in [1.165, 1.54) is 12.1 Å². The first-order valence-electron chi connectivity index (χ1n) is 6.19. The highest BCUT2D eigenvalue weighted by Crippen LogP contribution is 2.32. The fourth-order valence-corrected chi connectivity index (χ4v) is 1.97. The zero-order valence-corrected chi connectivity index (χ0v) is 12.7. The van der Waals surface area contributed by atoms with Crippen molar-refractivity contribution >= 4 is 15.9 Å². The first kappa shape index (κ1) is 14.2. The molecule has 0 amide bonds. The Morgan fingerprint density at radius 2 is 1.95 bits per heavy atom. The lowest BCUT2D eigenvalue weighted by molar-refractivity contribution is 0.364. The molecule has 0 N–H and O–H groups in total. The molecule has 0 aliphatic rings. The molecule has 0 spiro atoms. The molecule has 2 aromatic rings. The van der Waals surface area contributed by atoms with Crippen LogP contribution in [-0.4, -0.2) is 10.1 Å². The Balaban J connectivity index is 2.33. The van der Waals surface area contributed by atoms with Gasteiger partial charge in [-0.3, -0.25) is 0 Å². The van der Waals surface area contributed by atoms with Crippen LogP contribution in [0, 0.1) is 5.82 Å². The largest absolute Gasteiger partial charge is 0.338 e. The molecule has 0 aliphatic carbocycles. The predicted molar refractivity (Wildman–Crippen MR) is 74.8 cm³/mol. The highest BCUT2D eigenvalue weighted by molar-refractivity contribution is 9.09. The lowest BCUT2D eigenvalue weighted by atomic mass is 9.84. The summed E-state index contributed by atoms with van der Waals surface area (Å²) in [5.41, 5.74) is 0.527. The zero-order chi connectivity index (χ0) is 14.0. The van der Waals surface area contributed by atoms with Crippen LogP contribution >= 0.6 is 15.9 Å². The number of hydrogen-bond acceptors (Lipinski definition) is 3. The molecular formula is C14H16BrFN2O. The van der Waals surface area contributed by atoms with Crippen LogP contribution in [-0.2, 0) is 5.41 Å². The van der Waals surface area contributed by atoms with Gasteiger partial charge in [0.15, 0.2) is 5.82 Å². The van der Waals surface area contributed by atoms with E-state index in [9.17, 15) is 4.39 Å². The van der Waals surface area contributed by atoms with Crippen molar-refractivity contribution in [3.8, 4) is 0 Å². The molecular weight excluding hydrogens is 311 g/mol. The molecule has 19 heavy (non-hydrogen) atoms. The highest BCUT2D eigenvalue weighted by Gasteiger charge is 2.29. The Morgan fingerprint density at radius 1 is 1.32 bits per heavy atom. The van der Waals surface area contributed by atoms with Crippen molar-refractivity contribution in [3.63, 3.8) is 0 Å². The molecule has 3 nitrogen and oxygen atoms in total. The summed E-state index contributed by atoms with van der Waals surface area (Å²) in [5.74, 6) is 0.930. The van der Waals surface area contributed by atoms with Crippen molar-refractivity contribution in [1.82, 2.24) is 10.1 Å². The Morgan fingerprint density at radius 3 is 2.53 bits per heavy atom. The molecule has 1 heterocycles. The summed E-state index contributed by atoms with van der Waals surface area (Å²) >= 11 is 3.48. The van der Waals surface area contributed by atoms with Gasteiger partial charge in [0.05, 0.1) is 10.2 Å². The standard InChI is InChI=1S/C14H16BrFN2O/c1-4-11(15)12-17-13(18-19-12)14(2,3)9-5-7-10(16)8-6-9/h5-8,11H,4H2,1-3H3. The summed E-state index contributed by atoms with van der Waals surface area (Å²) in [5, 5.41) is 4.05. The maximum Gasteiger partial charge on any atom is 0.240 e. The van der Waals surface area contributed by atoms with Crippen LogP contribution in [0.5, 0.6) is 0 Å². The summed E-state index contributed by atoms with van der Waals surface area (Å²) in [6.45, 7) is 6.02. The van der Waals surface area contributed by atoms with Gasteiger partial charge in [-0.15, -0.1) is 0 Å². The SMILES string of the molecule is CCC(Br)c1nc(C(C)(C)c2ccc(F)cc2)no1. The molecule has 0 saturated carbocycles. The van der Waals surface area contributed by atoms with Gasteiger partial charge in [0, 0.05) is 0 Å². The number of nitrogens with zero attached hydrogens (tertiary/aromatic N) is 2. The van der Waals surface area contributed by atoms with Gasteiger partial charge in [-0.2, -0.15) is 4.98 Å². The summed E-state index contributed by atoms with van der Waals surface area (Å²) in [6, 6.07) is 6.38. The number of aromatic nitrogens is 2. The molecule has 0 radical (unpaired) electrons. The quantitative estimate of drug-likeness (QED) is 0.782. The molecule has 0 saturated heterocycles. The van der Waals surface area contributed by atoms with Gasteiger partial charge in [0.25, 0.3) is 0 Å². The van der Waals surface area contributed by atoms with E-state index >= 15 is 0 Å². The molecule has 2 rings (SSSR count). The summed E-state index contributed by atoms with van der Waals surface area (Å²) in [7, 11) is 0. The minimum Gasteiger partial charge on any atom is -0.338 e. The normalized spacial score (nSPS) is 13.5. The van der Waals surface area contributed by atoms with Gasteiger partial charge in [-0.25, -0.2) is 4.39 Å². The number of halogens is 2. The first-order chi connectivity index (χ1) is 8.95. The third kappa shape index (κ3) is 2.86. The number of benzene rings is 1. The lowest BCUT2D eigenvalue weighted by Gasteiger charge is -2.20. The average Bonchev–Trinajstić information content (AvgIpc) is 2.88. The molecule has 0 aliphatic heterocycles. The second kappa shape index (κ2) is 5.41. The van der Waals surface area contributed by atoms with Crippen LogP contribution in [0.15, 0.2) is 28.8 Å². The topological polar surface area (TPSA) is 38.9 Å². The van der Waals surface area contributed by atoms with E-state index in [0.717, 1.165) is 12.0 Å². The van der Waals surface area contributed by atoms with Crippen molar-refractivity contribution < 1.29 is 8.91 Å². The Labute approximate surface area is 120 Å². The minimum atomic E-state index is -0.421. The molecule has 1 atom stereocenters. The van der Waals surface area contributed by atoms with Crippen molar-refractivity contribution in [1.29, 1.82) is 0 Å². The minimum absolute atomic E-state index is 0.0674. The van der Waals surface area contributed by atoms with Gasteiger partial charge in [0.2, 0.25) is 5.89 Å². The van der Waals surface area contributed by atoms with Gasteiger partial charge in [-0.05, 0) is 38.0 Å². The van der Waals surface area contributed by atoms with Gasteiger partial charge in [0.1, 0.15) is 5.82 Å². The van der Waals surface area contributed by atoms with Crippen molar-refractivity contribution in [2.75, 3.05) is 0 Å². The molecule has 1 aromatic carbocycles. The van der Waals surface area contributed by atoms with E-state index in [1.54, 1.807) is 12.1 Å². The number of hydrogen-bond donors (Lipinski definition) is 0. The Kier molecular flexibility index (Phi) is 4.04. The van der Waals surface area contributed by atoms with E-state index in [0.29, 0.717) is 11.7 Å². The smallest absolute Gasteiger partial charge is 0.240 e. The van der Waals surface area contributed by atoms with Crippen LogP contribution in [0.1, 0.15) is 49.3 Å². The number of alkyl halides is 1. The molecule has 102 valence electrons. The first-order valence-corrected chi connectivity index (χ1v) is 7.11. The predicted octanol–water partition coefficient (Wildman–Crippen LogP) is 4.38. The molecule has 0 fully saturated rings. The summed E-state index contributed by atoms with van der Waals surface area (Å²) in [4.78, 5) is 4.50. The fourth-order valence-electron chi connectivity index (χ4n) is 1.79. The van der Waals surface area contributed by atoms with E-state index in [2.05, 4.69) is 26.1 Å². The molecule has 1 unspecified atom stereocenters. The average molecular weight is 327 g/mol. The molecule has 5 heteroatoms. The van der Waals surface area contributed by atoms with Crippen LogP contribution in [0.2, 0.25) is 0 Å². The number of rotatable bonds is 4. The molecule has 1 aromatic heterocycles. The highest BCUT2D eigenvalue weighted by atomic mass is 79.9. The van der Waals surface area contributed by atoms with E-state index in [-0.39, 0.29) is 10.6 Å². The van der Waals surface area contributed by atoms with Gasteiger partial charge in [-0.1, -0.05) is 40.1 Å². The van der Waals surface area contributed by atoms with Crippen LogP contribution < -0.4 is 0 Å². The summed E-state index contributed by atoms with van der Waals surface area (Å²) in [6.07, 6.45) is 0.874. The lowest BCUT2D eigenvalue weighted by Crippen LogP contribution is -2.20. The van der Waals surface area contributed by atoms with E-state index in [4.69, 9.17) is 4.52 Å². The third-order valence-electron chi connectivity index (χ3n) is 3.19. The second-order valence-corrected chi connectivity index (χ2v) is 6.07. The van der Waals surface area contributed by atoms with Crippen LogP contribution in [0.3, 0.4) is 0 Å². The van der Waals surface area contributed by atoms with Gasteiger partial charge >= 0.3 is 0 Å². The maximum absolute atomic E-state index is 13.0. The van der Waals surface area contributed by atoms with Crippen LogP contribution in [0.4, 0.5) is 4.39 Å². The van der Waals surface area contributed by atoms with Crippen LogP contribution in [0.25, 0.3) is 0 Å². The zero-order valence-electron chi connectivity index (χ0n) is 11.2. The van der Waals surface area contributed by atoms with Crippen molar-refractivity contribution in [2.24, 2.45) is 0 Å². The van der Waals surface area contributed by atoms with E-state index < -0.39 is 5.41 Å². The Hall–Kier alpha value is -1.23.